The van der Waals surface area contributed by atoms with E-state index < -0.39 is 12.0 Å². The molecule has 2 saturated heterocycles. The highest BCUT2D eigenvalue weighted by Gasteiger charge is 2.37. The summed E-state index contributed by atoms with van der Waals surface area (Å²) in [6.07, 6.45) is 1.46. The molecule has 2 amide bonds. The molecule has 0 bridgehead atoms. The summed E-state index contributed by atoms with van der Waals surface area (Å²) in [7, 11) is 1.55. The molecule has 1 N–H and O–H groups in total. The Morgan fingerprint density at radius 1 is 0.950 bits per heavy atom. The Morgan fingerprint density at radius 2 is 1.62 bits per heavy atom. The molecule has 3 heterocycles. The first-order valence-corrected chi connectivity index (χ1v) is 14.0. The van der Waals surface area contributed by atoms with Crippen molar-refractivity contribution in [2.24, 2.45) is 0 Å². The molecule has 0 spiro atoms. The number of aliphatic hydroxyl groups is 1. The zero-order chi connectivity index (χ0) is 28.4. The normalized spacial score (nSPS) is 20.1. The number of fused-ring (bicyclic) bond motifs is 1. The number of hydrogen-bond donors (Lipinski definition) is 1. The van der Waals surface area contributed by atoms with Gasteiger partial charge in [-0.3, -0.25) is 4.79 Å². The van der Waals surface area contributed by atoms with Crippen molar-refractivity contribution in [1.82, 2.24) is 9.80 Å². The van der Waals surface area contributed by atoms with Crippen LogP contribution >= 0.6 is 0 Å². The smallest absolute Gasteiger partial charge is 0.410 e. The molecular formula is C30H39N3O7. The van der Waals surface area contributed by atoms with Crippen LogP contribution < -0.4 is 19.1 Å². The highest BCUT2D eigenvalue weighted by atomic mass is 16.6. The van der Waals surface area contributed by atoms with Gasteiger partial charge in [0.15, 0.2) is 0 Å². The van der Waals surface area contributed by atoms with Crippen molar-refractivity contribution < 1.29 is 33.6 Å². The topological polar surface area (TPSA) is 101 Å². The van der Waals surface area contributed by atoms with Gasteiger partial charge in [0.05, 0.1) is 18.4 Å². The molecule has 3 aliphatic heterocycles. The summed E-state index contributed by atoms with van der Waals surface area (Å²) in [4.78, 5) is 31.2. The van der Waals surface area contributed by atoms with E-state index in [1.54, 1.807) is 30.2 Å². The molecule has 2 aromatic carbocycles. The van der Waals surface area contributed by atoms with Gasteiger partial charge < -0.3 is 38.8 Å². The summed E-state index contributed by atoms with van der Waals surface area (Å²) in [6.45, 7) is 7.83. The predicted molar refractivity (Wildman–Crippen MR) is 149 cm³/mol. The molecule has 1 atom stereocenters. The lowest BCUT2D eigenvalue weighted by molar-refractivity contribution is -0.0119. The van der Waals surface area contributed by atoms with Crippen molar-refractivity contribution in [2.45, 2.75) is 70.6 Å². The van der Waals surface area contributed by atoms with Crippen LogP contribution in [-0.2, 0) is 4.74 Å². The van der Waals surface area contributed by atoms with Gasteiger partial charge in [-0.1, -0.05) is 12.1 Å². The van der Waals surface area contributed by atoms with E-state index in [1.165, 1.54) is 0 Å². The third kappa shape index (κ3) is 6.06. The van der Waals surface area contributed by atoms with Crippen LogP contribution in [0.15, 0.2) is 42.5 Å². The van der Waals surface area contributed by atoms with E-state index in [1.807, 2.05) is 54.8 Å². The molecule has 5 rings (SSSR count). The molecule has 216 valence electrons. The van der Waals surface area contributed by atoms with Crippen molar-refractivity contribution >= 4 is 17.7 Å². The number of methoxy groups -OCH3 is 1. The number of hydrogen-bond acceptors (Lipinski definition) is 8. The van der Waals surface area contributed by atoms with Gasteiger partial charge in [-0.05, 0) is 57.9 Å². The van der Waals surface area contributed by atoms with Crippen molar-refractivity contribution in [2.75, 3.05) is 38.2 Å². The Balaban J connectivity index is 1.16. The fraction of sp³-hybridized carbons (Fsp3) is 0.533. The number of amides is 2. The third-order valence-electron chi connectivity index (χ3n) is 7.56. The predicted octanol–water partition coefficient (Wildman–Crippen LogP) is 4.25. The Morgan fingerprint density at radius 3 is 2.30 bits per heavy atom. The average molecular weight is 554 g/mol. The van der Waals surface area contributed by atoms with Crippen molar-refractivity contribution in [3.05, 3.63) is 48.0 Å². The van der Waals surface area contributed by atoms with E-state index in [0.717, 1.165) is 5.69 Å². The van der Waals surface area contributed by atoms with Gasteiger partial charge in [0.25, 0.3) is 12.3 Å². The Bertz CT molecular complexity index is 1210. The lowest BCUT2D eigenvalue weighted by Crippen LogP contribution is -2.50. The van der Waals surface area contributed by atoms with Gasteiger partial charge in [-0.2, -0.15) is 0 Å². The summed E-state index contributed by atoms with van der Waals surface area (Å²) < 4.78 is 22.8. The van der Waals surface area contributed by atoms with Gasteiger partial charge >= 0.3 is 6.09 Å². The monoisotopic (exact) mass is 553 g/mol. The standard InChI is InChI=1S/C30H39N3O7/c1-30(2,3)40-28(35)32-17-13-21(14-18-32)38-22-9-10-23(26(19-22)37-4)27(34)31-15-11-20(12-16-31)33-24-7-5-6-8-25(24)39-29(33)36/h5-10,19-21,29,36H,11-18H2,1-4H3. The number of para-hydroxylation sites is 2. The summed E-state index contributed by atoms with van der Waals surface area (Å²) in [5.74, 6) is 1.68. The molecule has 0 aromatic heterocycles. The summed E-state index contributed by atoms with van der Waals surface area (Å²) in [5, 5.41) is 10.5. The van der Waals surface area contributed by atoms with Gasteiger partial charge in [0.2, 0.25) is 0 Å². The molecular weight excluding hydrogens is 514 g/mol. The number of carbonyl (C=O) groups is 2. The number of anilines is 1. The van der Waals surface area contributed by atoms with Crippen molar-refractivity contribution in [1.29, 1.82) is 0 Å². The summed E-state index contributed by atoms with van der Waals surface area (Å²) in [5.41, 5.74) is 0.851. The van der Waals surface area contributed by atoms with Crippen molar-refractivity contribution in [3.63, 3.8) is 0 Å². The number of aliphatic hydroxyl groups excluding tert-OH is 1. The minimum atomic E-state index is -1.01. The molecule has 40 heavy (non-hydrogen) atoms. The van der Waals surface area contributed by atoms with Gasteiger partial charge in [0.1, 0.15) is 29.0 Å². The second kappa shape index (κ2) is 11.4. The fourth-order valence-corrected chi connectivity index (χ4v) is 5.55. The molecule has 1 unspecified atom stereocenters. The third-order valence-corrected chi connectivity index (χ3v) is 7.56. The fourth-order valence-electron chi connectivity index (χ4n) is 5.55. The number of carbonyl (C=O) groups excluding carboxylic acids is 2. The van der Waals surface area contributed by atoms with Crippen LogP contribution in [-0.4, -0.2) is 84.4 Å². The average Bonchev–Trinajstić information content (AvgIpc) is 3.27. The second-order valence-electron chi connectivity index (χ2n) is 11.5. The van der Waals surface area contributed by atoms with Crippen LogP contribution in [0.3, 0.4) is 0 Å². The molecule has 2 aromatic rings. The van der Waals surface area contributed by atoms with E-state index in [4.69, 9.17) is 18.9 Å². The summed E-state index contributed by atoms with van der Waals surface area (Å²) in [6, 6.07) is 13.0. The number of ether oxygens (including phenoxy) is 4. The zero-order valence-corrected chi connectivity index (χ0v) is 23.7. The van der Waals surface area contributed by atoms with Gasteiger partial charge in [-0.15, -0.1) is 0 Å². The van der Waals surface area contributed by atoms with E-state index in [-0.39, 0.29) is 24.1 Å². The molecule has 3 aliphatic rings. The van der Waals surface area contributed by atoms with Crippen LogP contribution in [0, 0.1) is 0 Å². The number of piperidine rings is 2. The molecule has 10 heteroatoms. The lowest BCUT2D eigenvalue weighted by Gasteiger charge is -2.38. The molecule has 0 radical (unpaired) electrons. The number of likely N-dealkylation sites (tertiary alicyclic amines) is 2. The number of rotatable bonds is 5. The highest BCUT2D eigenvalue weighted by molar-refractivity contribution is 5.97. The second-order valence-corrected chi connectivity index (χ2v) is 11.5. The van der Waals surface area contributed by atoms with Gasteiger partial charge in [0, 0.05) is 51.1 Å². The number of nitrogens with zero attached hydrogens (tertiary/aromatic N) is 3. The Hall–Kier alpha value is -3.66. The largest absolute Gasteiger partial charge is 0.496 e. The molecule has 10 nitrogen and oxygen atoms in total. The minimum absolute atomic E-state index is 0.0426. The zero-order valence-electron chi connectivity index (χ0n) is 23.7. The van der Waals surface area contributed by atoms with E-state index in [9.17, 15) is 14.7 Å². The quantitative estimate of drug-likeness (QED) is 0.587. The van der Waals surface area contributed by atoms with E-state index in [2.05, 4.69) is 0 Å². The summed E-state index contributed by atoms with van der Waals surface area (Å²) >= 11 is 0. The maximum atomic E-state index is 13.4. The molecule has 0 saturated carbocycles. The Labute approximate surface area is 235 Å². The van der Waals surface area contributed by atoms with Crippen LogP contribution in [0.5, 0.6) is 17.2 Å². The number of benzene rings is 2. The van der Waals surface area contributed by atoms with Gasteiger partial charge in [-0.25, -0.2) is 4.79 Å². The van der Waals surface area contributed by atoms with Crippen LogP contribution in [0.25, 0.3) is 0 Å². The Kier molecular flexibility index (Phi) is 7.98. The maximum Gasteiger partial charge on any atom is 0.410 e. The first-order valence-electron chi connectivity index (χ1n) is 14.0. The highest BCUT2D eigenvalue weighted by Crippen LogP contribution is 2.39. The lowest BCUT2D eigenvalue weighted by atomic mass is 10.0. The van der Waals surface area contributed by atoms with Crippen molar-refractivity contribution in [3.8, 4) is 17.2 Å². The molecule has 2 fully saturated rings. The molecule has 0 aliphatic carbocycles. The van der Waals surface area contributed by atoms with Crippen LogP contribution in [0.4, 0.5) is 10.5 Å². The van der Waals surface area contributed by atoms with E-state index >= 15 is 0 Å². The van der Waals surface area contributed by atoms with Crippen LogP contribution in [0.1, 0.15) is 56.8 Å². The SMILES string of the molecule is COc1cc(OC2CCN(C(=O)OC(C)(C)C)CC2)ccc1C(=O)N1CCC(N2c3ccccc3OC2O)CC1. The maximum absolute atomic E-state index is 13.4. The van der Waals surface area contributed by atoms with E-state index in [0.29, 0.717) is 74.7 Å². The first-order chi connectivity index (χ1) is 19.1. The van der Waals surface area contributed by atoms with Crippen LogP contribution in [0.2, 0.25) is 0 Å². The first kappa shape index (κ1) is 27.9. The minimum Gasteiger partial charge on any atom is -0.496 e.